The molecule has 0 bridgehead atoms. The standard InChI is InChI=1S/C26H25ClN2O6/c1-33-20-11-21(34-2)18(27)10-16(20)24(30)22-23(17-12-28-19-8-4-3-7-15(17)19)29(26(32)25(22)31)13-14-6-5-9-35-14/h3-4,7-8,10-12,14,23,28,30H,5-6,9,13H2,1-2H3/b24-22+. The number of rotatable bonds is 6. The van der Waals surface area contributed by atoms with Gasteiger partial charge in [0, 0.05) is 41.9 Å². The number of aliphatic hydroxyl groups excluding tert-OH is 1. The number of methoxy groups -OCH3 is 2. The number of carbonyl (C=O) groups is 2. The highest BCUT2D eigenvalue weighted by Gasteiger charge is 2.48. The van der Waals surface area contributed by atoms with Crippen molar-refractivity contribution in [2.45, 2.75) is 25.0 Å². The number of carbonyl (C=O) groups excluding carboxylic acids is 2. The number of H-pyrrole nitrogens is 1. The largest absolute Gasteiger partial charge is 0.507 e. The summed E-state index contributed by atoms with van der Waals surface area (Å²) in [5.41, 5.74) is 1.73. The van der Waals surface area contributed by atoms with Gasteiger partial charge in [0.25, 0.3) is 11.7 Å². The molecule has 2 N–H and O–H groups in total. The molecule has 0 radical (unpaired) electrons. The average Bonchev–Trinajstić information content (AvgIpc) is 3.59. The van der Waals surface area contributed by atoms with Crippen LogP contribution in [0, 0.1) is 0 Å². The summed E-state index contributed by atoms with van der Waals surface area (Å²) < 4.78 is 16.5. The van der Waals surface area contributed by atoms with E-state index in [4.69, 9.17) is 25.8 Å². The highest BCUT2D eigenvalue weighted by molar-refractivity contribution is 6.46. The number of nitrogens with zero attached hydrogens (tertiary/aromatic N) is 1. The van der Waals surface area contributed by atoms with Crippen LogP contribution in [0.2, 0.25) is 5.02 Å². The van der Waals surface area contributed by atoms with Crippen molar-refractivity contribution in [2.75, 3.05) is 27.4 Å². The number of aliphatic hydroxyl groups is 1. The van der Waals surface area contributed by atoms with Crippen LogP contribution in [0.5, 0.6) is 11.5 Å². The number of nitrogens with one attached hydrogen (secondary N) is 1. The van der Waals surface area contributed by atoms with Crippen LogP contribution in [0.1, 0.15) is 30.0 Å². The number of aromatic nitrogens is 1. The summed E-state index contributed by atoms with van der Waals surface area (Å²) in [4.78, 5) is 31.4. The number of fused-ring (bicyclic) bond motifs is 1. The van der Waals surface area contributed by atoms with E-state index in [1.807, 2.05) is 24.3 Å². The van der Waals surface area contributed by atoms with Crippen molar-refractivity contribution in [3.63, 3.8) is 0 Å². The molecule has 5 rings (SSSR count). The number of hydrogen-bond donors (Lipinski definition) is 2. The van der Waals surface area contributed by atoms with Crippen molar-refractivity contribution in [1.29, 1.82) is 0 Å². The Morgan fingerprint density at radius 2 is 1.97 bits per heavy atom. The lowest BCUT2D eigenvalue weighted by Gasteiger charge is -2.27. The Hall–Kier alpha value is -3.49. The third-order valence-electron chi connectivity index (χ3n) is 6.61. The van der Waals surface area contributed by atoms with Gasteiger partial charge in [-0.25, -0.2) is 0 Å². The third kappa shape index (κ3) is 3.92. The minimum absolute atomic E-state index is 0.0303. The fourth-order valence-corrected chi connectivity index (χ4v) is 5.15. The lowest BCUT2D eigenvalue weighted by Crippen LogP contribution is -2.36. The van der Waals surface area contributed by atoms with Gasteiger partial charge in [-0.2, -0.15) is 0 Å². The zero-order valence-corrected chi connectivity index (χ0v) is 20.1. The van der Waals surface area contributed by atoms with Crippen LogP contribution in [0.3, 0.4) is 0 Å². The third-order valence-corrected chi connectivity index (χ3v) is 6.90. The van der Waals surface area contributed by atoms with Crippen molar-refractivity contribution in [3.8, 4) is 11.5 Å². The maximum Gasteiger partial charge on any atom is 0.295 e. The van der Waals surface area contributed by atoms with E-state index in [1.165, 1.54) is 31.3 Å². The van der Waals surface area contributed by atoms with Gasteiger partial charge in [0.2, 0.25) is 0 Å². The van der Waals surface area contributed by atoms with Crippen LogP contribution < -0.4 is 9.47 Å². The minimum atomic E-state index is -0.819. The Balaban J connectivity index is 1.71. The van der Waals surface area contributed by atoms with Crippen LogP contribution in [0.4, 0.5) is 0 Å². The Kier molecular flexibility index (Phi) is 6.17. The van der Waals surface area contributed by atoms with Crippen molar-refractivity contribution in [1.82, 2.24) is 9.88 Å². The van der Waals surface area contributed by atoms with Gasteiger partial charge in [-0.3, -0.25) is 9.59 Å². The molecule has 2 saturated heterocycles. The number of aromatic amines is 1. The SMILES string of the molecule is COc1cc(OC)c(/C(O)=C2\C(=O)C(=O)N(CC3CCCO3)C2c2c[nH]c3ccccc23)cc1Cl. The first-order valence-electron chi connectivity index (χ1n) is 11.3. The Morgan fingerprint density at radius 3 is 2.69 bits per heavy atom. The van der Waals surface area contributed by atoms with Gasteiger partial charge in [-0.15, -0.1) is 0 Å². The number of ketones is 1. The number of halogens is 1. The highest BCUT2D eigenvalue weighted by atomic mass is 35.5. The maximum absolute atomic E-state index is 13.4. The number of likely N-dealkylation sites (tertiary alicyclic amines) is 1. The van der Waals surface area contributed by atoms with Crippen LogP contribution >= 0.6 is 11.6 Å². The average molecular weight is 497 g/mol. The van der Waals surface area contributed by atoms with E-state index in [0.717, 1.165) is 23.7 Å². The number of benzene rings is 2. The molecule has 2 aromatic carbocycles. The van der Waals surface area contributed by atoms with Crippen molar-refractivity contribution in [3.05, 3.63) is 64.3 Å². The van der Waals surface area contributed by atoms with E-state index >= 15 is 0 Å². The predicted octanol–water partition coefficient (Wildman–Crippen LogP) is 4.44. The van der Waals surface area contributed by atoms with Crippen molar-refractivity contribution in [2.24, 2.45) is 0 Å². The molecule has 2 fully saturated rings. The number of amides is 1. The maximum atomic E-state index is 13.4. The highest BCUT2D eigenvalue weighted by Crippen LogP contribution is 2.44. The molecular weight excluding hydrogens is 472 g/mol. The molecule has 0 spiro atoms. The minimum Gasteiger partial charge on any atom is -0.507 e. The first-order valence-corrected chi connectivity index (χ1v) is 11.7. The molecule has 182 valence electrons. The molecule has 8 nitrogen and oxygen atoms in total. The summed E-state index contributed by atoms with van der Waals surface area (Å²) in [7, 11) is 2.90. The fraction of sp³-hybridized carbons (Fsp3) is 0.308. The van der Waals surface area contributed by atoms with Gasteiger partial charge in [0.1, 0.15) is 17.3 Å². The van der Waals surface area contributed by atoms with Gasteiger partial charge in [-0.1, -0.05) is 29.8 Å². The number of ether oxygens (including phenoxy) is 3. The van der Waals surface area contributed by atoms with E-state index in [2.05, 4.69) is 4.98 Å². The molecule has 0 saturated carbocycles. The van der Waals surface area contributed by atoms with Gasteiger partial charge < -0.3 is 29.2 Å². The van der Waals surface area contributed by atoms with E-state index in [9.17, 15) is 14.7 Å². The quantitative estimate of drug-likeness (QED) is 0.297. The second kappa shape index (κ2) is 9.28. The van der Waals surface area contributed by atoms with Gasteiger partial charge >= 0.3 is 0 Å². The Bertz CT molecular complexity index is 1340. The van der Waals surface area contributed by atoms with Crippen molar-refractivity contribution < 1.29 is 28.9 Å². The van der Waals surface area contributed by atoms with Crippen LogP contribution in [-0.4, -0.2) is 60.2 Å². The second-order valence-corrected chi connectivity index (χ2v) is 8.97. The van der Waals surface area contributed by atoms with Gasteiger partial charge in [0.15, 0.2) is 0 Å². The van der Waals surface area contributed by atoms with E-state index < -0.39 is 17.7 Å². The summed E-state index contributed by atoms with van der Waals surface area (Å²) in [6, 6.07) is 9.79. The van der Waals surface area contributed by atoms with Gasteiger partial charge in [0.05, 0.1) is 42.5 Å². The number of Topliss-reactive ketones (excluding diaryl/α,β-unsaturated/α-hetero) is 1. The van der Waals surface area contributed by atoms with E-state index in [1.54, 1.807) is 6.20 Å². The monoisotopic (exact) mass is 496 g/mol. The van der Waals surface area contributed by atoms with Crippen LogP contribution in [-0.2, 0) is 14.3 Å². The first-order chi connectivity index (χ1) is 16.9. The molecule has 2 atom stereocenters. The molecule has 1 amide bonds. The molecule has 3 aromatic rings. The summed E-state index contributed by atoms with van der Waals surface area (Å²) in [6.45, 7) is 0.861. The smallest absolute Gasteiger partial charge is 0.295 e. The normalized spacial score (nSPS) is 21.7. The molecule has 0 aliphatic carbocycles. The summed E-state index contributed by atoms with van der Waals surface area (Å²) in [6.07, 6.45) is 3.29. The molecular formula is C26H25ClN2O6. The van der Waals surface area contributed by atoms with Gasteiger partial charge in [-0.05, 0) is 25.0 Å². The summed E-state index contributed by atoms with van der Waals surface area (Å²) >= 11 is 6.33. The zero-order valence-electron chi connectivity index (χ0n) is 19.3. The summed E-state index contributed by atoms with van der Waals surface area (Å²) in [5.74, 6) is -1.21. The molecule has 35 heavy (non-hydrogen) atoms. The lowest BCUT2D eigenvalue weighted by molar-refractivity contribution is -0.140. The predicted molar refractivity (Wildman–Crippen MR) is 131 cm³/mol. The zero-order chi connectivity index (χ0) is 24.7. The molecule has 2 aliphatic heterocycles. The van der Waals surface area contributed by atoms with E-state index in [-0.39, 0.29) is 40.3 Å². The number of para-hydroxylation sites is 1. The van der Waals surface area contributed by atoms with Crippen LogP contribution in [0.15, 0.2) is 48.2 Å². The Labute approximate surface area is 207 Å². The second-order valence-electron chi connectivity index (χ2n) is 8.56. The topological polar surface area (TPSA) is 101 Å². The fourth-order valence-electron chi connectivity index (χ4n) is 4.91. The van der Waals surface area contributed by atoms with Crippen LogP contribution in [0.25, 0.3) is 16.7 Å². The first kappa shape index (κ1) is 23.3. The van der Waals surface area contributed by atoms with Crippen molar-refractivity contribution >= 4 is 40.0 Å². The number of hydrogen-bond acceptors (Lipinski definition) is 6. The summed E-state index contributed by atoms with van der Waals surface area (Å²) in [5, 5.41) is 12.6. The van der Waals surface area contributed by atoms with E-state index in [0.29, 0.717) is 17.9 Å². The molecule has 1 aromatic heterocycles. The molecule has 2 unspecified atom stereocenters. The molecule has 2 aliphatic rings. The molecule has 9 heteroatoms. The lowest BCUT2D eigenvalue weighted by atomic mass is 9.94. The molecule has 3 heterocycles. The Morgan fingerprint density at radius 1 is 1.20 bits per heavy atom.